The zero-order valence-electron chi connectivity index (χ0n) is 12.7. The van der Waals surface area contributed by atoms with Crippen molar-refractivity contribution in [3.63, 3.8) is 0 Å². The number of hydrogen-bond acceptors (Lipinski definition) is 5. The maximum absolute atomic E-state index is 12.5. The predicted molar refractivity (Wildman–Crippen MR) is 87.3 cm³/mol. The minimum atomic E-state index is -0.372. The lowest BCUT2D eigenvalue weighted by Gasteiger charge is -2.18. The summed E-state index contributed by atoms with van der Waals surface area (Å²) in [6.45, 7) is 1.02. The van der Waals surface area contributed by atoms with E-state index in [1.165, 1.54) is 6.39 Å². The van der Waals surface area contributed by atoms with Crippen molar-refractivity contribution < 1.29 is 18.7 Å². The van der Waals surface area contributed by atoms with Crippen molar-refractivity contribution in [2.24, 2.45) is 0 Å². The minimum absolute atomic E-state index is 0.163. The third-order valence-electron chi connectivity index (χ3n) is 3.62. The molecule has 120 valence electrons. The van der Waals surface area contributed by atoms with Gasteiger partial charge in [0.05, 0.1) is 0 Å². The van der Waals surface area contributed by atoms with E-state index in [1.54, 1.807) is 18.2 Å². The molecule has 6 heteroatoms. The summed E-state index contributed by atoms with van der Waals surface area (Å²) in [6.07, 6.45) is 1.26. The van der Waals surface area contributed by atoms with Crippen molar-refractivity contribution >= 4 is 11.6 Å². The number of hydrogen-bond donors (Lipinski definition) is 1. The number of carbonyl (C=O) groups excluding carboxylic acids is 1. The van der Waals surface area contributed by atoms with E-state index >= 15 is 0 Å². The van der Waals surface area contributed by atoms with Crippen molar-refractivity contribution in [2.45, 2.75) is 0 Å². The molecule has 0 radical (unpaired) electrons. The number of aromatic nitrogens is 1. The van der Waals surface area contributed by atoms with Gasteiger partial charge in [-0.3, -0.25) is 4.79 Å². The first-order chi connectivity index (χ1) is 11.8. The second kappa shape index (κ2) is 6.08. The van der Waals surface area contributed by atoms with E-state index in [0.717, 1.165) is 5.56 Å². The summed E-state index contributed by atoms with van der Waals surface area (Å²) < 4.78 is 16.3. The van der Waals surface area contributed by atoms with Crippen molar-refractivity contribution in [3.8, 4) is 22.8 Å². The molecule has 6 nitrogen and oxygen atoms in total. The van der Waals surface area contributed by atoms with Gasteiger partial charge in [0, 0.05) is 17.3 Å². The average Bonchev–Trinajstić information content (AvgIpc) is 3.12. The van der Waals surface area contributed by atoms with Crippen LogP contribution in [0.1, 0.15) is 10.6 Å². The van der Waals surface area contributed by atoms with Gasteiger partial charge >= 0.3 is 0 Å². The number of benzene rings is 2. The van der Waals surface area contributed by atoms with Crippen LogP contribution >= 0.6 is 0 Å². The van der Waals surface area contributed by atoms with E-state index in [-0.39, 0.29) is 11.7 Å². The smallest absolute Gasteiger partial charge is 0.293 e. The molecule has 1 aliphatic heterocycles. The zero-order chi connectivity index (χ0) is 16.4. The summed E-state index contributed by atoms with van der Waals surface area (Å²) >= 11 is 0. The quantitative estimate of drug-likeness (QED) is 0.800. The molecule has 0 aliphatic carbocycles. The Balaban J connectivity index is 1.58. The van der Waals surface area contributed by atoms with Crippen LogP contribution in [0.15, 0.2) is 59.3 Å². The van der Waals surface area contributed by atoms with Crippen LogP contribution in [0.25, 0.3) is 11.3 Å². The number of anilines is 1. The van der Waals surface area contributed by atoms with Crippen LogP contribution in [-0.2, 0) is 0 Å². The number of nitrogens with one attached hydrogen (secondary N) is 1. The first kappa shape index (κ1) is 14.3. The van der Waals surface area contributed by atoms with Gasteiger partial charge in [0.15, 0.2) is 17.9 Å². The number of amides is 1. The van der Waals surface area contributed by atoms with Gasteiger partial charge in [-0.1, -0.05) is 30.3 Å². The average molecular weight is 322 g/mol. The monoisotopic (exact) mass is 322 g/mol. The lowest BCUT2D eigenvalue weighted by atomic mass is 10.1. The standard InChI is InChI=1S/C18H14N2O4/c21-18(17-16(19-11-24-17)12-4-2-1-3-5-12)20-13-6-7-14-15(10-13)23-9-8-22-14/h1-7,10-11H,8-9H2,(H,20,21). The largest absolute Gasteiger partial charge is 0.486 e. The van der Waals surface area contributed by atoms with E-state index in [9.17, 15) is 4.79 Å². The summed E-state index contributed by atoms with van der Waals surface area (Å²) in [7, 11) is 0. The Morgan fingerprint density at radius 3 is 2.62 bits per heavy atom. The molecule has 2 heterocycles. The molecule has 1 aromatic heterocycles. The summed E-state index contributed by atoms with van der Waals surface area (Å²) in [6, 6.07) is 14.7. The van der Waals surface area contributed by atoms with Gasteiger partial charge in [-0.15, -0.1) is 0 Å². The lowest BCUT2D eigenvalue weighted by Crippen LogP contribution is -2.16. The lowest BCUT2D eigenvalue weighted by molar-refractivity contribution is 0.0997. The summed E-state index contributed by atoms with van der Waals surface area (Å²) in [5.41, 5.74) is 1.92. The fourth-order valence-corrected chi connectivity index (χ4v) is 2.52. The van der Waals surface area contributed by atoms with E-state index in [0.29, 0.717) is 36.1 Å². The second-order valence-electron chi connectivity index (χ2n) is 5.21. The van der Waals surface area contributed by atoms with Crippen LogP contribution in [0.3, 0.4) is 0 Å². The Morgan fingerprint density at radius 1 is 1.00 bits per heavy atom. The molecule has 0 spiro atoms. The molecule has 4 rings (SSSR count). The number of fused-ring (bicyclic) bond motifs is 1. The molecular weight excluding hydrogens is 308 g/mol. The minimum Gasteiger partial charge on any atom is -0.486 e. The molecule has 2 aromatic carbocycles. The molecule has 0 fully saturated rings. The number of nitrogens with zero attached hydrogens (tertiary/aromatic N) is 1. The molecule has 0 saturated heterocycles. The SMILES string of the molecule is O=C(Nc1ccc2c(c1)OCCO2)c1ocnc1-c1ccccc1. The van der Waals surface area contributed by atoms with Crippen LogP contribution < -0.4 is 14.8 Å². The maximum atomic E-state index is 12.5. The third-order valence-corrected chi connectivity index (χ3v) is 3.62. The van der Waals surface area contributed by atoms with Gasteiger partial charge in [-0.25, -0.2) is 4.98 Å². The summed E-state index contributed by atoms with van der Waals surface area (Å²) in [5, 5.41) is 2.80. The van der Waals surface area contributed by atoms with Gasteiger partial charge < -0.3 is 19.2 Å². The van der Waals surface area contributed by atoms with E-state index in [2.05, 4.69) is 10.3 Å². The molecule has 0 atom stereocenters. The molecule has 0 unspecified atom stereocenters. The Morgan fingerprint density at radius 2 is 1.79 bits per heavy atom. The highest BCUT2D eigenvalue weighted by Gasteiger charge is 2.19. The number of rotatable bonds is 3. The molecular formula is C18H14N2O4. The molecule has 1 N–H and O–H groups in total. The topological polar surface area (TPSA) is 73.6 Å². The fourth-order valence-electron chi connectivity index (χ4n) is 2.52. The van der Waals surface area contributed by atoms with Crippen molar-refractivity contribution in [3.05, 3.63) is 60.7 Å². The van der Waals surface area contributed by atoms with Crippen molar-refractivity contribution in [2.75, 3.05) is 18.5 Å². The van der Waals surface area contributed by atoms with Crippen LogP contribution in [0, 0.1) is 0 Å². The van der Waals surface area contributed by atoms with E-state index < -0.39 is 0 Å². The molecule has 0 saturated carbocycles. The van der Waals surface area contributed by atoms with Crippen LogP contribution in [0.2, 0.25) is 0 Å². The van der Waals surface area contributed by atoms with Crippen molar-refractivity contribution in [1.29, 1.82) is 0 Å². The van der Waals surface area contributed by atoms with Gasteiger partial charge in [-0.2, -0.15) is 0 Å². The zero-order valence-corrected chi connectivity index (χ0v) is 12.7. The van der Waals surface area contributed by atoms with Gasteiger partial charge in [0.25, 0.3) is 5.91 Å². The molecule has 0 bridgehead atoms. The highest BCUT2D eigenvalue weighted by atomic mass is 16.6. The molecule has 1 aliphatic rings. The summed E-state index contributed by atoms with van der Waals surface area (Å²) in [5.74, 6) is 1.07. The highest BCUT2D eigenvalue weighted by Crippen LogP contribution is 2.33. The molecule has 3 aromatic rings. The Labute approximate surface area is 138 Å². The van der Waals surface area contributed by atoms with Gasteiger partial charge in [0.1, 0.15) is 18.9 Å². The maximum Gasteiger partial charge on any atom is 0.293 e. The highest BCUT2D eigenvalue weighted by molar-refractivity contribution is 6.06. The fraction of sp³-hybridized carbons (Fsp3) is 0.111. The Kier molecular flexibility index (Phi) is 3.63. The second-order valence-corrected chi connectivity index (χ2v) is 5.21. The predicted octanol–water partition coefficient (Wildman–Crippen LogP) is 3.37. The van der Waals surface area contributed by atoms with E-state index in [1.807, 2.05) is 30.3 Å². The first-order valence-corrected chi connectivity index (χ1v) is 7.51. The molecule has 1 amide bonds. The number of oxazole rings is 1. The van der Waals surface area contributed by atoms with E-state index in [4.69, 9.17) is 13.9 Å². The first-order valence-electron chi connectivity index (χ1n) is 7.51. The van der Waals surface area contributed by atoms with Crippen LogP contribution in [-0.4, -0.2) is 24.1 Å². The van der Waals surface area contributed by atoms with Crippen molar-refractivity contribution in [1.82, 2.24) is 4.98 Å². The summed E-state index contributed by atoms with van der Waals surface area (Å²) in [4.78, 5) is 16.7. The van der Waals surface area contributed by atoms with Gasteiger partial charge in [0.2, 0.25) is 5.76 Å². The van der Waals surface area contributed by atoms with Gasteiger partial charge in [-0.05, 0) is 12.1 Å². The normalized spacial score (nSPS) is 12.7. The number of carbonyl (C=O) groups is 1. The Bertz CT molecular complexity index is 874. The number of ether oxygens (including phenoxy) is 2. The van der Waals surface area contributed by atoms with Crippen LogP contribution in [0.5, 0.6) is 11.5 Å². The Hall–Kier alpha value is -3.28. The molecule has 24 heavy (non-hydrogen) atoms. The van der Waals surface area contributed by atoms with Crippen LogP contribution in [0.4, 0.5) is 5.69 Å². The third kappa shape index (κ3) is 2.69.